The molecule has 0 aromatic rings. The van der Waals surface area contributed by atoms with E-state index < -0.39 is 6.10 Å². The Bertz CT molecular complexity index is 288. The lowest BCUT2D eigenvalue weighted by Crippen LogP contribution is -2.16. The van der Waals surface area contributed by atoms with Crippen molar-refractivity contribution in [2.75, 3.05) is 7.11 Å². The molecule has 0 spiro atoms. The number of hydrogen-bond donors (Lipinski definition) is 1. The standard InChI is InChI=1S/C15H26O4/c1-12-6-4-3-5-7-14(18-2)10-8-13(16)9-11-15(17)19-12/h9,11-14,16H,3-8,10H2,1-2H3/b11-9+/t12-,13-,14-/m0/s1. The average molecular weight is 270 g/mol. The molecule has 0 unspecified atom stereocenters. The number of hydrogen-bond acceptors (Lipinski definition) is 4. The first kappa shape index (κ1) is 16.2. The summed E-state index contributed by atoms with van der Waals surface area (Å²) in [5.41, 5.74) is 0. The molecule has 0 saturated carbocycles. The summed E-state index contributed by atoms with van der Waals surface area (Å²) < 4.78 is 10.6. The highest BCUT2D eigenvalue weighted by atomic mass is 16.5. The van der Waals surface area contributed by atoms with Crippen molar-refractivity contribution in [2.45, 2.75) is 70.2 Å². The number of carbonyl (C=O) groups excluding carboxylic acids is 1. The van der Waals surface area contributed by atoms with Crippen molar-refractivity contribution in [3.8, 4) is 0 Å². The van der Waals surface area contributed by atoms with E-state index in [9.17, 15) is 9.90 Å². The second-order valence-corrected chi connectivity index (χ2v) is 5.25. The Morgan fingerprint density at radius 2 is 1.95 bits per heavy atom. The minimum Gasteiger partial charge on any atom is -0.460 e. The van der Waals surface area contributed by atoms with Crippen LogP contribution in [0.1, 0.15) is 51.9 Å². The number of aliphatic hydroxyl groups is 1. The molecule has 0 amide bonds. The number of carbonyl (C=O) groups is 1. The van der Waals surface area contributed by atoms with E-state index in [1.54, 1.807) is 7.11 Å². The van der Waals surface area contributed by atoms with Crippen LogP contribution < -0.4 is 0 Å². The summed E-state index contributed by atoms with van der Waals surface area (Å²) in [4.78, 5) is 11.5. The molecule has 4 nitrogen and oxygen atoms in total. The third-order valence-corrected chi connectivity index (χ3v) is 3.53. The van der Waals surface area contributed by atoms with Crippen LogP contribution in [0.3, 0.4) is 0 Å². The molecule has 4 heteroatoms. The van der Waals surface area contributed by atoms with Crippen molar-refractivity contribution in [1.82, 2.24) is 0 Å². The topological polar surface area (TPSA) is 55.8 Å². The van der Waals surface area contributed by atoms with E-state index in [0.29, 0.717) is 6.42 Å². The molecule has 19 heavy (non-hydrogen) atoms. The predicted octanol–water partition coefficient (Wildman–Crippen LogP) is 2.59. The Morgan fingerprint density at radius 3 is 2.68 bits per heavy atom. The first-order valence-corrected chi connectivity index (χ1v) is 7.21. The summed E-state index contributed by atoms with van der Waals surface area (Å²) in [6.07, 6.45) is 9.02. The lowest BCUT2D eigenvalue weighted by molar-refractivity contribution is -0.142. The molecule has 0 aromatic carbocycles. The van der Waals surface area contributed by atoms with E-state index in [0.717, 1.165) is 38.5 Å². The van der Waals surface area contributed by atoms with Gasteiger partial charge in [-0.25, -0.2) is 4.79 Å². The molecule has 0 saturated heterocycles. The van der Waals surface area contributed by atoms with Gasteiger partial charge in [-0.1, -0.05) is 12.8 Å². The van der Waals surface area contributed by atoms with Gasteiger partial charge >= 0.3 is 5.97 Å². The maximum Gasteiger partial charge on any atom is 0.330 e. The van der Waals surface area contributed by atoms with Crippen molar-refractivity contribution >= 4 is 5.97 Å². The van der Waals surface area contributed by atoms with Gasteiger partial charge in [-0.05, 0) is 45.1 Å². The van der Waals surface area contributed by atoms with Crippen LogP contribution in [-0.4, -0.2) is 36.5 Å². The van der Waals surface area contributed by atoms with E-state index in [1.165, 1.54) is 12.2 Å². The van der Waals surface area contributed by atoms with Crippen molar-refractivity contribution in [2.24, 2.45) is 0 Å². The highest BCUT2D eigenvalue weighted by Crippen LogP contribution is 2.16. The summed E-state index contributed by atoms with van der Waals surface area (Å²) in [5.74, 6) is -0.369. The van der Waals surface area contributed by atoms with Crippen LogP contribution in [0.2, 0.25) is 0 Å². The average Bonchev–Trinajstić information content (AvgIpc) is 2.38. The van der Waals surface area contributed by atoms with Crippen LogP contribution in [0.15, 0.2) is 12.2 Å². The lowest BCUT2D eigenvalue weighted by atomic mass is 10.0. The van der Waals surface area contributed by atoms with Gasteiger partial charge in [0.05, 0.1) is 18.3 Å². The van der Waals surface area contributed by atoms with Crippen LogP contribution in [0.4, 0.5) is 0 Å². The summed E-state index contributed by atoms with van der Waals surface area (Å²) in [7, 11) is 1.72. The molecule has 0 fully saturated rings. The molecular weight excluding hydrogens is 244 g/mol. The second-order valence-electron chi connectivity index (χ2n) is 5.25. The first-order chi connectivity index (χ1) is 9.11. The summed E-state index contributed by atoms with van der Waals surface area (Å²) in [6, 6.07) is 0. The van der Waals surface area contributed by atoms with Crippen LogP contribution in [0.25, 0.3) is 0 Å². The molecule has 110 valence electrons. The van der Waals surface area contributed by atoms with Gasteiger partial charge in [0, 0.05) is 13.2 Å². The maximum absolute atomic E-state index is 11.5. The molecule has 0 bridgehead atoms. The molecule has 1 aliphatic rings. The molecule has 0 aliphatic carbocycles. The van der Waals surface area contributed by atoms with Gasteiger partial charge < -0.3 is 14.6 Å². The monoisotopic (exact) mass is 270 g/mol. The smallest absolute Gasteiger partial charge is 0.330 e. The maximum atomic E-state index is 11.5. The van der Waals surface area contributed by atoms with Crippen molar-refractivity contribution in [3.05, 3.63) is 12.2 Å². The summed E-state index contributed by atoms with van der Waals surface area (Å²) >= 11 is 0. The second kappa shape index (κ2) is 9.10. The fourth-order valence-corrected chi connectivity index (χ4v) is 2.30. The van der Waals surface area contributed by atoms with E-state index in [1.807, 2.05) is 6.92 Å². The summed E-state index contributed by atoms with van der Waals surface area (Å²) in [5, 5.41) is 9.77. The van der Waals surface area contributed by atoms with Crippen LogP contribution in [0.5, 0.6) is 0 Å². The molecular formula is C15H26O4. The highest BCUT2D eigenvalue weighted by molar-refractivity contribution is 5.82. The summed E-state index contributed by atoms with van der Waals surface area (Å²) in [6.45, 7) is 1.91. The van der Waals surface area contributed by atoms with Gasteiger partial charge in [0.15, 0.2) is 0 Å². The number of cyclic esters (lactones) is 1. The van der Waals surface area contributed by atoms with Crippen molar-refractivity contribution in [3.63, 3.8) is 0 Å². The fourth-order valence-electron chi connectivity index (χ4n) is 2.30. The number of ether oxygens (including phenoxy) is 2. The molecule has 3 atom stereocenters. The van der Waals surface area contributed by atoms with E-state index in [-0.39, 0.29) is 18.2 Å². The Balaban J connectivity index is 2.54. The van der Waals surface area contributed by atoms with Gasteiger partial charge in [-0.15, -0.1) is 0 Å². The van der Waals surface area contributed by atoms with Gasteiger partial charge in [0.2, 0.25) is 0 Å². The highest BCUT2D eigenvalue weighted by Gasteiger charge is 2.12. The fraction of sp³-hybridized carbons (Fsp3) is 0.800. The van der Waals surface area contributed by atoms with Crippen LogP contribution in [-0.2, 0) is 14.3 Å². The van der Waals surface area contributed by atoms with Gasteiger partial charge in [0.25, 0.3) is 0 Å². The number of aliphatic hydroxyl groups excluding tert-OH is 1. The molecule has 1 N–H and O–H groups in total. The molecule has 1 rings (SSSR count). The third kappa shape index (κ3) is 7.33. The molecule has 1 aliphatic heterocycles. The van der Waals surface area contributed by atoms with Gasteiger partial charge in [-0.2, -0.15) is 0 Å². The molecule has 1 heterocycles. The first-order valence-electron chi connectivity index (χ1n) is 7.21. The normalized spacial score (nSPS) is 33.2. The quantitative estimate of drug-likeness (QED) is 0.744. The van der Waals surface area contributed by atoms with Crippen LogP contribution >= 0.6 is 0 Å². The zero-order valence-electron chi connectivity index (χ0n) is 12.0. The SMILES string of the molecule is CO[C@H]1CCCCC[C@H](C)OC(=O)/C=C/[C@@H](O)CC1. The zero-order valence-corrected chi connectivity index (χ0v) is 12.0. The van der Waals surface area contributed by atoms with Crippen molar-refractivity contribution in [1.29, 1.82) is 0 Å². The largest absolute Gasteiger partial charge is 0.460 e. The third-order valence-electron chi connectivity index (χ3n) is 3.53. The van der Waals surface area contributed by atoms with E-state index >= 15 is 0 Å². The van der Waals surface area contributed by atoms with Gasteiger partial charge in [-0.3, -0.25) is 0 Å². The number of methoxy groups -OCH3 is 1. The minimum absolute atomic E-state index is 0.0598. The minimum atomic E-state index is -0.608. The number of rotatable bonds is 1. The van der Waals surface area contributed by atoms with Gasteiger partial charge in [0.1, 0.15) is 0 Å². The number of esters is 1. The lowest BCUT2D eigenvalue weighted by Gasteiger charge is -2.17. The van der Waals surface area contributed by atoms with E-state index in [2.05, 4.69) is 0 Å². The Morgan fingerprint density at radius 1 is 1.21 bits per heavy atom. The Kier molecular flexibility index (Phi) is 7.75. The predicted molar refractivity (Wildman–Crippen MR) is 73.8 cm³/mol. The van der Waals surface area contributed by atoms with Crippen LogP contribution in [0, 0.1) is 0 Å². The van der Waals surface area contributed by atoms with Crippen molar-refractivity contribution < 1.29 is 19.4 Å². The Labute approximate surface area is 115 Å². The molecule has 0 radical (unpaired) electrons. The zero-order chi connectivity index (χ0) is 14.1. The Hall–Kier alpha value is -0.870. The molecule has 0 aromatic heterocycles. The van der Waals surface area contributed by atoms with E-state index in [4.69, 9.17) is 9.47 Å².